The summed E-state index contributed by atoms with van der Waals surface area (Å²) in [5.41, 5.74) is 2.97. The maximum atomic E-state index is 14.5. The number of imidazole rings is 1. The summed E-state index contributed by atoms with van der Waals surface area (Å²) in [5.74, 6) is 0.328. The number of guanidine groups is 1. The van der Waals surface area contributed by atoms with Gasteiger partial charge in [-0.25, -0.2) is 14.4 Å². The molecule has 0 radical (unpaired) electrons. The number of aromatic nitrogens is 2. The van der Waals surface area contributed by atoms with Gasteiger partial charge in [0.05, 0.1) is 18.6 Å². The SMILES string of the molecule is CCNC(=NCc1ccc(-n2ccnc2)c(F)c1)NCCc1cccc(C(=O)N(C)C)c1. The van der Waals surface area contributed by atoms with Gasteiger partial charge in [-0.05, 0) is 48.7 Å². The van der Waals surface area contributed by atoms with Crippen LogP contribution in [0.25, 0.3) is 5.69 Å². The van der Waals surface area contributed by atoms with E-state index in [0.717, 1.165) is 17.5 Å². The smallest absolute Gasteiger partial charge is 0.253 e. The molecule has 8 heteroatoms. The molecule has 1 amide bonds. The van der Waals surface area contributed by atoms with E-state index in [4.69, 9.17) is 0 Å². The van der Waals surface area contributed by atoms with Crippen LogP contribution >= 0.6 is 0 Å². The molecular weight excluding hydrogens is 407 g/mol. The van der Waals surface area contributed by atoms with E-state index >= 15 is 0 Å². The standard InChI is InChI=1S/C24H29FN6O/c1-4-27-24(28-11-10-18-6-5-7-20(14-18)23(32)30(2)3)29-16-19-8-9-22(21(25)15-19)31-13-12-26-17-31/h5-9,12-15,17H,4,10-11,16H2,1-3H3,(H2,27,28,29). The van der Waals surface area contributed by atoms with Crippen LogP contribution in [0.5, 0.6) is 0 Å². The zero-order valence-electron chi connectivity index (χ0n) is 18.7. The molecule has 0 saturated heterocycles. The Bertz CT molecular complexity index is 1060. The average molecular weight is 437 g/mol. The lowest BCUT2D eigenvalue weighted by Gasteiger charge is -2.13. The molecule has 0 aliphatic heterocycles. The van der Waals surface area contributed by atoms with E-state index in [1.807, 2.05) is 37.3 Å². The first-order valence-electron chi connectivity index (χ1n) is 10.6. The Morgan fingerprint density at radius 2 is 2.00 bits per heavy atom. The molecule has 0 unspecified atom stereocenters. The van der Waals surface area contributed by atoms with Gasteiger partial charge in [0.25, 0.3) is 5.91 Å². The Morgan fingerprint density at radius 1 is 1.16 bits per heavy atom. The minimum absolute atomic E-state index is 0.0130. The summed E-state index contributed by atoms with van der Waals surface area (Å²) in [6.07, 6.45) is 5.63. The van der Waals surface area contributed by atoms with Crippen LogP contribution in [0.15, 0.2) is 66.2 Å². The second-order valence-corrected chi connectivity index (χ2v) is 7.53. The third-order valence-electron chi connectivity index (χ3n) is 4.84. The monoisotopic (exact) mass is 436 g/mol. The minimum atomic E-state index is -0.319. The summed E-state index contributed by atoms with van der Waals surface area (Å²) >= 11 is 0. The Balaban J connectivity index is 1.59. The molecule has 0 aliphatic rings. The zero-order chi connectivity index (χ0) is 22.9. The van der Waals surface area contributed by atoms with Crippen molar-refractivity contribution >= 4 is 11.9 Å². The summed E-state index contributed by atoms with van der Waals surface area (Å²) < 4.78 is 16.1. The molecule has 7 nitrogen and oxygen atoms in total. The second-order valence-electron chi connectivity index (χ2n) is 7.53. The van der Waals surface area contributed by atoms with Crippen LogP contribution in [0.1, 0.15) is 28.4 Å². The number of halogens is 1. The van der Waals surface area contributed by atoms with Crippen molar-refractivity contribution in [1.82, 2.24) is 25.1 Å². The maximum absolute atomic E-state index is 14.5. The maximum Gasteiger partial charge on any atom is 0.253 e. The van der Waals surface area contributed by atoms with Crippen molar-refractivity contribution in [3.63, 3.8) is 0 Å². The Hall–Kier alpha value is -3.68. The van der Waals surface area contributed by atoms with E-state index in [9.17, 15) is 9.18 Å². The largest absolute Gasteiger partial charge is 0.357 e. The molecule has 0 spiro atoms. The van der Waals surface area contributed by atoms with Crippen molar-refractivity contribution in [3.05, 3.63) is 83.7 Å². The predicted octanol–water partition coefficient (Wildman–Crippen LogP) is 3.01. The van der Waals surface area contributed by atoms with E-state index in [2.05, 4.69) is 20.6 Å². The van der Waals surface area contributed by atoms with Crippen molar-refractivity contribution in [2.45, 2.75) is 19.9 Å². The van der Waals surface area contributed by atoms with Crippen LogP contribution in [-0.4, -0.2) is 53.5 Å². The lowest BCUT2D eigenvalue weighted by atomic mass is 10.1. The molecule has 0 aliphatic carbocycles. The number of rotatable bonds is 8. The van der Waals surface area contributed by atoms with Gasteiger partial charge in [0.2, 0.25) is 0 Å². The van der Waals surface area contributed by atoms with Crippen LogP contribution < -0.4 is 10.6 Å². The summed E-state index contributed by atoms with van der Waals surface area (Å²) in [6.45, 7) is 3.71. The molecule has 0 bridgehead atoms. The fourth-order valence-corrected chi connectivity index (χ4v) is 3.22. The molecule has 0 fully saturated rings. The van der Waals surface area contributed by atoms with Gasteiger partial charge >= 0.3 is 0 Å². The van der Waals surface area contributed by atoms with Crippen LogP contribution in [0.3, 0.4) is 0 Å². The van der Waals surface area contributed by atoms with Crippen molar-refractivity contribution in [2.24, 2.45) is 4.99 Å². The van der Waals surface area contributed by atoms with Crippen LogP contribution in [0.4, 0.5) is 4.39 Å². The molecular formula is C24H29FN6O. The quantitative estimate of drug-likeness (QED) is 0.421. The highest BCUT2D eigenvalue weighted by Crippen LogP contribution is 2.15. The average Bonchev–Trinajstić information content (AvgIpc) is 3.31. The highest BCUT2D eigenvalue weighted by atomic mass is 19.1. The Morgan fingerprint density at radius 3 is 2.69 bits per heavy atom. The summed E-state index contributed by atoms with van der Waals surface area (Å²) in [7, 11) is 3.49. The molecule has 3 rings (SSSR count). The van der Waals surface area contributed by atoms with Gasteiger partial charge < -0.3 is 20.1 Å². The van der Waals surface area contributed by atoms with Gasteiger partial charge in [-0.1, -0.05) is 18.2 Å². The number of nitrogens with one attached hydrogen (secondary N) is 2. The molecule has 0 saturated carbocycles. The fraction of sp³-hybridized carbons (Fsp3) is 0.292. The Labute approximate surface area is 188 Å². The summed E-state index contributed by atoms with van der Waals surface area (Å²) in [6, 6.07) is 12.7. The number of aliphatic imine (C=N–C) groups is 1. The van der Waals surface area contributed by atoms with Crippen LogP contribution in [-0.2, 0) is 13.0 Å². The first-order valence-corrected chi connectivity index (χ1v) is 10.6. The number of nitrogens with zero attached hydrogens (tertiary/aromatic N) is 4. The molecule has 2 N–H and O–H groups in total. The number of benzene rings is 2. The van der Waals surface area contributed by atoms with E-state index in [-0.39, 0.29) is 11.7 Å². The predicted molar refractivity (Wildman–Crippen MR) is 125 cm³/mol. The molecule has 32 heavy (non-hydrogen) atoms. The van der Waals surface area contributed by atoms with Gasteiger partial charge in [0, 0.05) is 45.1 Å². The number of carbonyl (C=O) groups is 1. The van der Waals surface area contributed by atoms with Crippen molar-refractivity contribution < 1.29 is 9.18 Å². The van der Waals surface area contributed by atoms with Gasteiger partial charge in [-0.2, -0.15) is 0 Å². The molecule has 1 aromatic heterocycles. The fourth-order valence-electron chi connectivity index (χ4n) is 3.22. The summed E-state index contributed by atoms with van der Waals surface area (Å²) in [5, 5.41) is 6.50. The molecule has 168 valence electrons. The van der Waals surface area contributed by atoms with Crippen molar-refractivity contribution in [3.8, 4) is 5.69 Å². The van der Waals surface area contributed by atoms with Crippen molar-refractivity contribution in [2.75, 3.05) is 27.2 Å². The lowest BCUT2D eigenvalue weighted by molar-refractivity contribution is 0.0827. The van der Waals surface area contributed by atoms with Crippen LogP contribution in [0.2, 0.25) is 0 Å². The number of hydrogen-bond donors (Lipinski definition) is 2. The van der Waals surface area contributed by atoms with Gasteiger partial charge in [0.15, 0.2) is 5.96 Å². The minimum Gasteiger partial charge on any atom is -0.357 e. The molecule has 1 heterocycles. The third-order valence-corrected chi connectivity index (χ3v) is 4.84. The normalized spacial score (nSPS) is 11.3. The van der Waals surface area contributed by atoms with E-state index < -0.39 is 0 Å². The highest BCUT2D eigenvalue weighted by Gasteiger charge is 2.09. The van der Waals surface area contributed by atoms with Gasteiger partial charge in [-0.15, -0.1) is 0 Å². The Kier molecular flexibility index (Phi) is 7.96. The van der Waals surface area contributed by atoms with Gasteiger partial charge in [0.1, 0.15) is 5.82 Å². The molecule has 3 aromatic rings. The van der Waals surface area contributed by atoms with Crippen molar-refractivity contribution in [1.29, 1.82) is 0 Å². The van der Waals surface area contributed by atoms with E-state index in [0.29, 0.717) is 36.8 Å². The lowest BCUT2D eigenvalue weighted by Crippen LogP contribution is -2.38. The third kappa shape index (κ3) is 6.16. The van der Waals surface area contributed by atoms with E-state index in [1.54, 1.807) is 48.3 Å². The number of carbonyl (C=O) groups excluding carboxylic acids is 1. The number of amides is 1. The molecule has 0 atom stereocenters. The first kappa shape index (κ1) is 23.0. The van der Waals surface area contributed by atoms with E-state index in [1.165, 1.54) is 6.07 Å². The zero-order valence-corrected chi connectivity index (χ0v) is 18.7. The van der Waals surface area contributed by atoms with Crippen LogP contribution in [0, 0.1) is 5.82 Å². The second kappa shape index (κ2) is 11.1. The first-order chi connectivity index (χ1) is 15.5. The molecule has 2 aromatic carbocycles. The van der Waals surface area contributed by atoms with Gasteiger partial charge in [-0.3, -0.25) is 4.79 Å². The summed E-state index contributed by atoms with van der Waals surface area (Å²) in [4.78, 5) is 22.2. The highest BCUT2D eigenvalue weighted by molar-refractivity contribution is 5.94. The topological polar surface area (TPSA) is 74.5 Å². The number of hydrogen-bond acceptors (Lipinski definition) is 3.